The molecule has 6 aliphatic rings. The van der Waals surface area contributed by atoms with E-state index >= 15 is 0 Å². The van der Waals surface area contributed by atoms with Crippen molar-refractivity contribution in [2.45, 2.75) is 12.2 Å². The fraction of sp³-hybridized carbons (Fsp3) is 0.367. The molecule has 0 radical (unpaired) electrons. The van der Waals surface area contributed by atoms with Gasteiger partial charge in [-0.25, -0.2) is 0 Å². The van der Waals surface area contributed by atoms with E-state index in [1.165, 1.54) is 26.4 Å². The number of ether oxygens (including phenoxy) is 2. The van der Waals surface area contributed by atoms with Crippen molar-refractivity contribution in [1.29, 1.82) is 0 Å². The summed E-state index contributed by atoms with van der Waals surface area (Å²) in [6, 6.07) is 4.61. The van der Waals surface area contributed by atoms with Crippen LogP contribution in [0.25, 0.3) is 5.76 Å². The van der Waals surface area contributed by atoms with Gasteiger partial charge in [0.2, 0.25) is 0 Å². The van der Waals surface area contributed by atoms with E-state index in [0.29, 0.717) is 0 Å². The minimum Gasteiger partial charge on any atom is -0.507 e. The van der Waals surface area contributed by atoms with Crippen LogP contribution in [0, 0.1) is 40.4 Å². The largest absolute Gasteiger partial charge is 0.507 e. The second-order valence-corrected chi connectivity index (χ2v) is 11.9. The summed E-state index contributed by atoms with van der Waals surface area (Å²) in [5, 5.41) is 56.5. The number of aliphatic hydroxyl groups excluding tert-OH is 3. The summed E-state index contributed by atoms with van der Waals surface area (Å²) in [4.78, 5) is 72.2. The first-order chi connectivity index (χ1) is 19.9. The predicted octanol–water partition coefficient (Wildman–Crippen LogP) is 0.628. The second kappa shape index (κ2) is 7.26. The number of hydrogen-bond donors (Lipinski definition) is 5. The van der Waals surface area contributed by atoms with Crippen LogP contribution in [0.15, 0.2) is 29.8 Å². The maximum Gasteiger partial charge on any atom is 0.178 e. The molecule has 214 valence electrons. The molecule has 4 bridgehead atoms. The maximum absolute atomic E-state index is 14.6. The number of phenols is 2. The second-order valence-electron chi connectivity index (χ2n) is 11.9. The zero-order valence-electron chi connectivity index (χ0n) is 21.9. The molecule has 5 N–H and O–H groups in total. The molecular formula is C30H22O12. The van der Waals surface area contributed by atoms with E-state index in [1.807, 2.05) is 0 Å². The number of fused-ring (bicyclic) bond motifs is 4. The average Bonchev–Trinajstić information content (AvgIpc) is 3.31. The smallest absolute Gasteiger partial charge is 0.178 e. The first-order valence-electron chi connectivity index (χ1n) is 13.3. The van der Waals surface area contributed by atoms with Crippen LogP contribution in [0.3, 0.4) is 0 Å². The van der Waals surface area contributed by atoms with Crippen molar-refractivity contribution in [3.63, 3.8) is 0 Å². The minimum atomic E-state index is -2.34. The molecule has 2 aromatic carbocycles. The first-order valence-corrected chi connectivity index (χ1v) is 13.3. The van der Waals surface area contributed by atoms with E-state index in [4.69, 9.17) is 9.47 Å². The van der Waals surface area contributed by atoms with Crippen LogP contribution >= 0.6 is 0 Å². The first kappa shape index (κ1) is 25.2. The van der Waals surface area contributed by atoms with Crippen molar-refractivity contribution in [1.82, 2.24) is 0 Å². The van der Waals surface area contributed by atoms with E-state index in [2.05, 4.69) is 0 Å². The van der Waals surface area contributed by atoms with Gasteiger partial charge in [-0.2, -0.15) is 0 Å². The third kappa shape index (κ3) is 2.16. The highest BCUT2D eigenvalue weighted by molar-refractivity contribution is 6.32. The lowest BCUT2D eigenvalue weighted by Crippen LogP contribution is -2.69. The van der Waals surface area contributed by atoms with Gasteiger partial charge in [-0.15, -0.1) is 0 Å². The van der Waals surface area contributed by atoms with Crippen molar-refractivity contribution < 1.29 is 59.0 Å². The molecule has 2 spiro atoms. The summed E-state index contributed by atoms with van der Waals surface area (Å²) < 4.78 is 10.3. The van der Waals surface area contributed by atoms with Crippen LogP contribution in [0.2, 0.25) is 0 Å². The summed E-state index contributed by atoms with van der Waals surface area (Å²) in [6.45, 7) is 0. The minimum absolute atomic E-state index is 0.00243. The Balaban J connectivity index is 1.50. The summed E-state index contributed by atoms with van der Waals surface area (Å²) in [7, 11) is 2.53. The molecule has 2 aromatic rings. The third-order valence-corrected chi connectivity index (χ3v) is 10.8. The molecule has 0 aliphatic heterocycles. The number of ketones is 5. The van der Waals surface area contributed by atoms with Crippen LogP contribution in [-0.2, 0) is 9.59 Å². The van der Waals surface area contributed by atoms with Crippen LogP contribution < -0.4 is 9.47 Å². The molecule has 12 heteroatoms. The fourth-order valence-corrected chi connectivity index (χ4v) is 9.69. The standard InChI is InChI=1S/C30H22O12/c1-41-7-3-9-13(11(31)5-7)21(33)17-25(37)20-23(35)15-16-24(36)19(29(15,17)27(9)39)26(38)18-22(34)14-10(28(40)30(16,18)20)4-8(42-2)6-12(14)32/h3-6,15-17,19-20,23-24,31-32,34-36H,1-2H3/t15?,16?,17?,19?,20?,23-,24-,29?,30?/m0/s1. The number of carbonyl (C=O) groups is 5. The molecule has 0 aromatic heterocycles. The van der Waals surface area contributed by atoms with Gasteiger partial charge in [-0.05, 0) is 12.1 Å². The fourth-order valence-electron chi connectivity index (χ4n) is 9.69. The van der Waals surface area contributed by atoms with E-state index in [1.54, 1.807) is 0 Å². The van der Waals surface area contributed by atoms with E-state index in [-0.39, 0.29) is 28.2 Å². The molecule has 4 fully saturated rings. The Morgan fingerprint density at radius 1 is 0.690 bits per heavy atom. The number of Topliss-reactive ketones (excluding diaryl/α,β-unsaturated/α-hetero) is 5. The van der Waals surface area contributed by atoms with Gasteiger partial charge in [0.05, 0.1) is 71.7 Å². The average molecular weight is 574 g/mol. The number of aromatic hydroxyl groups is 2. The van der Waals surface area contributed by atoms with E-state index in [9.17, 15) is 49.5 Å². The highest BCUT2D eigenvalue weighted by atomic mass is 16.5. The number of phenolic OH excluding ortho intramolecular Hbond substituents is 2. The van der Waals surface area contributed by atoms with Crippen molar-refractivity contribution in [2.24, 2.45) is 40.4 Å². The molecular weight excluding hydrogens is 552 g/mol. The molecule has 9 atom stereocenters. The monoisotopic (exact) mass is 574 g/mol. The van der Waals surface area contributed by atoms with Gasteiger partial charge in [0.25, 0.3) is 0 Å². The zero-order chi connectivity index (χ0) is 29.9. The Labute approximate surface area is 235 Å². The predicted molar refractivity (Wildman–Crippen MR) is 136 cm³/mol. The summed E-state index contributed by atoms with van der Waals surface area (Å²) >= 11 is 0. The molecule has 8 rings (SSSR count). The Morgan fingerprint density at radius 3 is 1.83 bits per heavy atom. The Morgan fingerprint density at radius 2 is 1.24 bits per heavy atom. The van der Waals surface area contributed by atoms with Crippen LogP contribution in [0.5, 0.6) is 23.0 Å². The number of methoxy groups -OCH3 is 2. The third-order valence-electron chi connectivity index (χ3n) is 10.8. The number of benzene rings is 2. The summed E-state index contributed by atoms with van der Waals surface area (Å²) in [5.41, 5.74) is -6.71. The summed E-state index contributed by atoms with van der Waals surface area (Å²) in [5.74, 6) is -15.2. The molecule has 0 amide bonds. The van der Waals surface area contributed by atoms with E-state index < -0.39 is 110 Å². The lowest BCUT2D eigenvalue weighted by molar-refractivity contribution is -0.154. The van der Waals surface area contributed by atoms with Gasteiger partial charge < -0.3 is 35.0 Å². The molecule has 6 aliphatic carbocycles. The normalized spacial score (nSPS) is 38.4. The number of carbonyl (C=O) groups excluding carboxylic acids is 5. The Bertz CT molecular complexity index is 1820. The van der Waals surface area contributed by atoms with Gasteiger partial charge in [0.15, 0.2) is 28.9 Å². The zero-order valence-corrected chi connectivity index (χ0v) is 21.9. The van der Waals surface area contributed by atoms with Crippen molar-refractivity contribution in [3.8, 4) is 23.0 Å². The van der Waals surface area contributed by atoms with Crippen LogP contribution in [0.1, 0.15) is 36.6 Å². The van der Waals surface area contributed by atoms with Crippen LogP contribution in [-0.4, -0.2) is 80.9 Å². The van der Waals surface area contributed by atoms with Gasteiger partial charge in [-0.1, -0.05) is 0 Å². The Hall–Kier alpha value is -4.55. The van der Waals surface area contributed by atoms with Gasteiger partial charge in [0, 0.05) is 35.1 Å². The lowest BCUT2D eigenvalue weighted by Gasteiger charge is -2.55. The quantitative estimate of drug-likeness (QED) is 0.313. The van der Waals surface area contributed by atoms with Crippen molar-refractivity contribution in [2.75, 3.05) is 14.2 Å². The van der Waals surface area contributed by atoms with E-state index in [0.717, 1.165) is 12.1 Å². The molecule has 7 unspecified atom stereocenters. The van der Waals surface area contributed by atoms with Crippen molar-refractivity contribution >= 4 is 34.7 Å². The highest BCUT2D eigenvalue weighted by Gasteiger charge is 2.91. The molecule has 0 heterocycles. The topological polar surface area (TPSA) is 205 Å². The number of allylic oxidation sites excluding steroid dienone is 1. The number of rotatable bonds is 2. The van der Waals surface area contributed by atoms with Gasteiger partial charge in [0.1, 0.15) is 28.8 Å². The van der Waals surface area contributed by atoms with Crippen LogP contribution in [0.4, 0.5) is 0 Å². The molecule has 0 saturated heterocycles. The number of hydrogen-bond acceptors (Lipinski definition) is 12. The molecule has 4 saturated carbocycles. The highest BCUT2D eigenvalue weighted by Crippen LogP contribution is 2.80. The number of aliphatic hydroxyl groups is 3. The lowest BCUT2D eigenvalue weighted by atomic mass is 9.43. The van der Waals surface area contributed by atoms with Crippen molar-refractivity contribution in [3.05, 3.63) is 52.1 Å². The molecule has 12 nitrogen and oxygen atoms in total. The van der Waals surface area contributed by atoms with Gasteiger partial charge >= 0.3 is 0 Å². The maximum atomic E-state index is 14.6. The Kier molecular flexibility index (Phi) is 4.35. The SMILES string of the molecule is COc1cc(O)c2c(c1)C(=O)C13C(C2=O)C(=O)C2[C@@H](O)C1C1[C@H](O)C3C(=O)C3=C(O)c4c(O)cc(OC)cc4C(=O)C321. The summed E-state index contributed by atoms with van der Waals surface area (Å²) in [6.07, 6.45) is -3.51. The van der Waals surface area contributed by atoms with Gasteiger partial charge in [-0.3, -0.25) is 24.0 Å². The molecule has 42 heavy (non-hydrogen) atoms.